The predicted octanol–water partition coefficient (Wildman–Crippen LogP) is 3.54. The lowest BCUT2D eigenvalue weighted by Gasteiger charge is -2.42. The average molecular weight is 217 g/mol. The molecule has 0 saturated heterocycles. The topological polar surface area (TPSA) is 20.2 Å². The van der Waals surface area contributed by atoms with Crippen molar-refractivity contribution in [2.45, 2.75) is 26.2 Å². The fraction of sp³-hybridized carbons (Fsp3) is 0.733. The molecule has 0 heterocycles. The highest BCUT2D eigenvalue weighted by molar-refractivity contribution is 5.25. The van der Waals surface area contributed by atoms with E-state index in [1.165, 1.54) is 19.3 Å². The van der Waals surface area contributed by atoms with Gasteiger partial charge in [0.1, 0.15) is 0 Å². The Balaban J connectivity index is 1.71. The largest absolute Gasteiger partial charge is 0.512 e. The summed E-state index contributed by atoms with van der Waals surface area (Å²) in [4.78, 5) is 0. The summed E-state index contributed by atoms with van der Waals surface area (Å²) < 4.78 is 7.16. The van der Waals surface area contributed by atoms with E-state index in [1.54, 1.807) is 0 Å². The lowest BCUT2D eigenvalue weighted by atomic mass is 9.62. The highest BCUT2D eigenvalue weighted by Gasteiger charge is 2.65. The van der Waals surface area contributed by atoms with E-state index >= 15 is 0 Å². The molecule has 4 aliphatic rings. The van der Waals surface area contributed by atoms with Gasteiger partial charge in [0, 0.05) is 5.41 Å². The molecule has 4 bridgehead atoms. The predicted molar refractivity (Wildman–Crippen MR) is 63.8 cm³/mol. The molecule has 0 amide bonds. The zero-order chi connectivity index (χ0) is 11.8. The molecule has 0 aromatic heterocycles. The lowest BCUT2D eigenvalue weighted by Crippen LogP contribution is -2.38. The summed E-state index contributed by atoms with van der Waals surface area (Å²) in [6.07, 6.45) is 8.88. The fourth-order valence-corrected chi connectivity index (χ4v) is 5.69. The van der Waals surface area contributed by atoms with E-state index in [9.17, 15) is 0 Å². The van der Waals surface area contributed by atoms with Crippen LogP contribution in [-0.2, 0) is 0 Å². The van der Waals surface area contributed by atoms with Crippen LogP contribution in [0, 0.1) is 40.9 Å². The van der Waals surface area contributed by atoms with Gasteiger partial charge in [0.15, 0.2) is 0 Å². The van der Waals surface area contributed by atoms with Gasteiger partial charge in [-0.1, -0.05) is 25.7 Å². The molecule has 0 aromatic carbocycles. The smallest absolute Gasteiger partial charge is 0.293 e. The zero-order valence-electron chi connectivity index (χ0n) is 10.9. The van der Waals surface area contributed by atoms with E-state index in [2.05, 4.69) is 25.7 Å². The van der Waals surface area contributed by atoms with Gasteiger partial charge >= 0.3 is 0 Å². The van der Waals surface area contributed by atoms with Crippen molar-refractivity contribution in [1.29, 1.82) is 1.43 Å². The van der Waals surface area contributed by atoms with Crippen molar-refractivity contribution in [3.63, 3.8) is 0 Å². The second-order valence-electron chi connectivity index (χ2n) is 6.75. The first kappa shape index (κ1) is 8.38. The molecule has 1 nitrogen and oxygen atoms in total. The Kier molecular flexibility index (Phi) is 1.35. The Morgan fingerprint density at radius 2 is 2.12 bits per heavy atom. The van der Waals surface area contributed by atoms with Gasteiger partial charge in [-0.15, -0.1) is 0 Å². The number of allylic oxidation sites excluding steroid dienone is 3. The van der Waals surface area contributed by atoms with Crippen molar-refractivity contribution in [2.75, 3.05) is 0 Å². The minimum absolute atomic E-state index is 0.0753. The lowest BCUT2D eigenvalue weighted by molar-refractivity contribution is 0.0686. The van der Waals surface area contributed by atoms with Crippen LogP contribution in [0.25, 0.3) is 1.43 Å². The molecule has 86 valence electrons. The van der Waals surface area contributed by atoms with Crippen molar-refractivity contribution < 1.29 is 5.11 Å². The van der Waals surface area contributed by atoms with Gasteiger partial charge in [-0.05, 0) is 54.8 Å². The van der Waals surface area contributed by atoms with Gasteiger partial charge in [-0.25, -0.2) is 0 Å². The Bertz CT molecular complexity index is 415. The summed E-state index contributed by atoms with van der Waals surface area (Å²) in [5, 5.41) is 4.76. The van der Waals surface area contributed by atoms with Gasteiger partial charge in [-0.3, -0.25) is 0 Å². The van der Waals surface area contributed by atoms with Crippen molar-refractivity contribution in [3.8, 4) is 0 Å². The van der Waals surface area contributed by atoms with Gasteiger partial charge in [0.25, 0.3) is 1.43 Å². The number of rotatable bonds is 2. The summed E-state index contributed by atoms with van der Waals surface area (Å²) in [5.41, 5.74) is 0.0753. The molecule has 7 atom stereocenters. The summed E-state index contributed by atoms with van der Waals surface area (Å²) in [5.74, 6) is 5.78. The van der Waals surface area contributed by atoms with Crippen LogP contribution in [0.4, 0.5) is 0 Å². The molecule has 1 N–H and O–H groups in total. The SMILES string of the molecule is [2H]OC(=C)C1(C)CC2CC1C1C3C=CC(C3)C21. The summed E-state index contributed by atoms with van der Waals surface area (Å²) in [6, 6.07) is 0. The third kappa shape index (κ3) is 0.825. The van der Waals surface area contributed by atoms with E-state index in [-0.39, 0.29) is 5.41 Å². The number of fused-ring (bicyclic) bond motifs is 9. The van der Waals surface area contributed by atoms with Crippen molar-refractivity contribution in [3.05, 3.63) is 24.5 Å². The monoisotopic (exact) mass is 217 g/mol. The highest BCUT2D eigenvalue weighted by atomic mass is 16.3. The number of hydrogen-bond acceptors (Lipinski definition) is 1. The molecule has 0 spiro atoms. The molecule has 16 heavy (non-hydrogen) atoms. The van der Waals surface area contributed by atoms with Crippen LogP contribution in [0.3, 0.4) is 0 Å². The van der Waals surface area contributed by atoms with Crippen molar-refractivity contribution >= 4 is 0 Å². The van der Waals surface area contributed by atoms with E-state index < -0.39 is 0 Å². The van der Waals surface area contributed by atoms with Crippen LogP contribution < -0.4 is 0 Å². The molecule has 7 unspecified atom stereocenters. The molecule has 0 radical (unpaired) electrons. The first-order valence-corrected chi connectivity index (χ1v) is 6.66. The Morgan fingerprint density at radius 3 is 2.88 bits per heavy atom. The Morgan fingerprint density at radius 1 is 1.38 bits per heavy atom. The van der Waals surface area contributed by atoms with E-state index in [0.29, 0.717) is 5.76 Å². The van der Waals surface area contributed by atoms with Crippen molar-refractivity contribution in [1.82, 2.24) is 0 Å². The van der Waals surface area contributed by atoms with E-state index in [1.807, 2.05) is 0 Å². The van der Waals surface area contributed by atoms with Crippen LogP contribution in [-0.4, -0.2) is 5.11 Å². The van der Waals surface area contributed by atoms with Gasteiger partial charge in [-0.2, -0.15) is 0 Å². The van der Waals surface area contributed by atoms with Gasteiger partial charge in [0.05, 0.1) is 5.76 Å². The average Bonchev–Trinajstić information content (AvgIpc) is 3.03. The standard InChI is InChI=1S/C15H20O/c1-8(16)15(2)7-11-6-12(15)14-10-4-3-9(5-10)13(11)14/h3-4,9-14,16H,1,5-7H2,2H3/i/hD. The first-order valence-electron chi connectivity index (χ1n) is 7.07. The summed E-state index contributed by atoms with van der Waals surface area (Å²) in [6.45, 7) is 6.27. The van der Waals surface area contributed by atoms with Crippen LogP contribution in [0.15, 0.2) is 24.5 Å². The van der Waals surface area contributed by atoms with Crippen LogP contribution in [0.5, 0.6) is 0 Å². The van der Waals surface area contributed by atoms with Crippen LogP contribution >= 0.6 is 0 Å². The minimum atomic E-state index is 0.0753. The second-order valence-corrected chi connectivity index (χ2v) is 6.75. The minimum Gasteiger partial charge on any atom is -0.512 e. The molecule has 0 aliphatic heterocycles. The molecule has 1 heteroatoms. The molecular weight excluding hydrogens is 196 g/mol. The van der Waals surface area contributed by atoms with E-state index in [0.717, 1.165) is 35.5 Å². The molecule has 4 aliphatic carbocycles. The van der Waals surface area contributed by atoms with E-state index in [4.69, 9.17) is 6.54 Å². The maximum atomic E-state index is 7.16. The Labute approximate surface area is 98.7 Å². The molecule has 0 aromatic rings. The maximum absolute atomic E-state index is 7.16. The summed E-state index contributed by atoms with van der Waals surface area (Å²) >= 11 is 0. The quantitative estimate of drug-likeness (QED) is 0.426. The highest BCUT2D eigenvalue weighted by Crippen LogP contribution is 2.71. The van der Waals surface area contributed by atoms with Crippen LogP contribution in [0.1, 0.15) is 26.2 Å². The number of aliphatic hydroxyl groups is 1. The molecule has 3 fully saturated rings. The third-order valence-corrected chi connectivity index (χ3v) is 6.29. The molecular formula is C15H20O. The van der Waals surface area contributed by atoms with Crippen molar-refractivity contribution in [2.24, 2.45) is 40.9 Å². The number of hydrogen-bond donors (Lipinski definition) is 1. The summed E-state index contributed by atoms with van der Waals surface area (Å²) in [7, 11) is 0. The zero-order valence-corrected chi connectivity index (χ0v) is 9.86. The molecule has 4 rings (SSSR count). The maximum Gasteiger partial charge on any atom is 0.293 e. The fourth-order valence-electron chi connectivity index (χ4n) is 5.69. The first-order chi connectivity index (χ1) is 8.15. The Hall–Kier alpha value is -0.720. The van der Waals surface area contributed by atoms with Gasteiger partial charge in [0.2, 0.25) is 0 Å². The third-order valence-electron chi connectivity index (χ3n) is 6.29. The van der Waals surface area contributed by atoms with Gasteiger partial charge < -0.3 is 5.11 Å². The molecule has 3 saturated carbocycles. The van der Waals surface area contributed by atoms with Crippen LogP contribution in [0.2, 0.25) is 0 Å². The normalized spacial score (nSPS) is 61.2. The second kappa shape index (κ2) is 2.57. The number of aliphatic hydroxyl groups excluding tert-OH is 1.